The molecule has 0 fully saturated rings. The molecule has 7 nitrogen and oxygen atoms in total. The third-order valence-corrected chi connectivity index (χ3v) is 5.24. The van der Waals surface area contributed by atoms with Crippen LogP contribution in [0.5, 0.6) is 0 Å². The Labute approximate surface area is 175 Å². The van der Waals surface area contributed by atoms with E-state index in [1.807, 2.05) is 37.3 Å². The van der Waals surface area contributed by atoms with Crippen molar-refractivity contribution in [2.45, 2.75) is 47.1 Å². The molecular weight excluding hydrogens is 380 g/mol. The molecule has 1 amide bonds. The van der Waals surface area contributed by atoms with E-state index >= 15 is 0 Å². The molecule has 30 heavy (non-hydrogen) atoms. The molecule has 1 N–H and O–H groups in total. The average molecular weight is 406 g/mol. The molecular formula is C23H26N4O3. The highest BCUT2D eigenvalue weighted by Gasteiger charge is 2.21. The van der Waals surface area contributed by atoms with E-state index in [4.69, 9.17) is 0 Å². The zero-order valence-corrected chi connectivity index (χ0v) is 17.9. The molecule has 1 aromatic heterocycles. The predicted molar refractivity (Wildman–Crippen MR) is 117 cm³/mol. The Morgan fingerprint density at radius 3 is 2.37 bits per heavy atom. The lowest BCUT2D eigenvalue weighted by Gasteiger charge is -2.16. The van der Waals surface area contributed by atoms with Gasteiger partial charge in [0.25, 0.3) is 5.91 Å². The molecule has 2 aromatic carbocycles. The number of nitrogens with zero attached hydrogens (tertiary/aromatic N) is 3. The normalized spacial score (nSPS) is 11.0. The van der Waals surface area contributed by atoms with Gasteiger partial charge < -0.3 is 5.32 Å². The van der Waals surface area contributed by atoms with Gasteiger partial charge in [-0.3, -0.25) is 19.6 Å². The van der Waals surface area contributed by atoms with Crippen LogP contribution in [0.25, 0.3) is 0 Å². The van der Waals surface area contributed by atoms with Crippen molar-refractivity contribution in [1.29, 1.82) is 0 Å². The van der Waals surface area contributed by atoms with Gasteiger partial charge in [-0.2, -0.15) is 5.10 Å². The number of aryl methyl sites for hydroxylation is 2. The number of hydrogen-bond acceptors (Lipinski definition) is 4. The Kier molecular flexibility index (Phi) is 6.01. The molecule has 0 aliphatic heterocycles. The highest BCUT2D eigenvalue weighted by atomic mass is 16.6. The van der Waals surface area contributed by atoms with Gasteiger partial charge in [0.05, 0.1) is 11.5 Å². The number of rotatable bonds is 6. The first-order valence-electron chi connectivity index (χ1n) is 9.87. The summed E-state index contributed by atoms with van der Waals surface area (Å²) < 4.78 is 1.62. The Morgan fingerprint density at radius 1 is 1.13 bits per heavy atom. The van der Waals surface area contributed by atoms with Crippen molar-refractivity contribution in [1.82, 2.24) is 9.78 Å². The number of nitro groups is 1. The molecule has 156 valence electrons. The van der Waals surface area contributed by atoms with Crippen LogP contribution in [-0.2, 0) is 6.54 Å². The summed E-state index contributed by atoms with van der Waals surface area (Å²) in [6.07, 6.45) is 0. The third-order valence-electron chi connectivity index (χ3n) is 5.24. The molecule has 3 rings (SSSR count). The van der Waals surface area contributed by atoms with Crippen LogP contribution in [0.3, 0.4) is 0 Å². The first kappa shape index (κ1) is 21.2. The number of benzene rings is 2. The molecule has 0 saturated carbocycles. The van der Waals surface area contributed by atoms with Crippen LogP contribution >= 0.6 is 0 Å². The maximum absolute atomic E-state index is 12.8. The maximum atomic E-state index is 12.8. The van der Waals surface area contributed by atoms with Crippen molar-refractivity contribution < 1.29 is 9.72 Å². The van der Waals surface area contributed by atoms with E-state index in [9.17, 15) is 14.9 Å². The van der Waals surface area contributed by atoms with Crippen molar-refractivity contribution in [3.8, 4) is 0 Å². The minimum atomic E-state index is -0.404. The summed E-state index contributed by atoms with van der Waals surface area (Å²) in [5.74, 6) is 0.131. The number of carbonyl (C=O) groups excluding carboxylic acids is 1. The summed E-state index contributed by atoms with van der Waals surface area (Å²) >= 11 is 0. The lowest BCUT2D eigenvalue weighted by atomic mass is 9.98. The highest BCUT2D eigenvalue weighted by molar-refractivity contribution is 6.05. The van der Waals surface area contributed by atoms with Gasteiger partial charge in [-0.1, -0.05) is 44.2 Å². The van der Waals surface area contributed by atoms with Gasteiger partial charge in [-0.15, -0.1) is 0 Å². The summed E-state index contributed by atoms with van der Waals surface area (Å²) in [6.45, 7) is 9.90. The zero-order valence-electron chi connectivity index (χ0n) is 17.9. The topological polar surface area (TPSA) is 90.1 Å². The molecule has 0 aliphatic rings. The van der Waals surface area contributed by atoms with Gasteiger partial charge in [-0.05, 0) is 55.5 Å². The van der Waals surface area contributed by atoms with E-state index in [0.717, 1.165) is 22.4 Å². The van der Waals surface area contributed by atoms with Gasteiger partial charge in [0.15, 0.2) is 0 Å². The number of carbonyl (C=O) groups is 1. The fraction of sp³-hybridized carbons (Fsp3) is 0.304. The molecule has 0 atom stereocenters. The number of anilines is 1. The monoisotopic (exact) mass is 406 g/mol. The second-order valence-electron chi connectivity index (χ2n) is 7.78. The number of aromatic nitrogens is 2. The molecule has 0 spiro atoms. The van der Waals surface area contributed by atoms with E-state index < -0.39 is 4.92 Å². The van der Waals surface area contributed by atoms with Crippen molar-refractivity contribution in [2.75, 3.05) is 5.32 Å². The van der Waals surface area contributed by atoms with E-state index in [2.05, 4.69) is 24.3 Å². The quantitative estimate of drug-likeness (QED) is 0.453. The lowest BCUT2D eigenvalue weighted by Crippen LogP contribution is -2.15. The van der Waals surface area contributed by atoms with Gasteiger partial charge in [-0.25, -0.2) is 0 Å². The van der Waals surface area contributed by atoms with Gasteiger partial charge in [0.1, 0.15) is 11.4 Å². The molecule has 0 bridgehead atoms. The third kappa shape index (κ3) is 4.25. The summed E-state index contributed by atoms with van der Waals surface area (Å²) in [6, 6.07) is 13.2. The van der Waals surface area contributed by atoms with Crippen molar-refractivity contribution in [3.05, 3.63) is 86.2 Å². The Bertz CT molecular complexity index is 1100. The van der Waals surface area contributed by atoms with Gasteiger partial charge >= 0.3 is 5.69 Å². The largest absolute Gasteiger partial charge is 0.321 e. The fourth-order valence-electron chi connectivity index (χ4n) is 3.57. The molecule has 0 unspecified atom stereocenters. The SMILES string of the molecule is Cc1cccc(C(C)C)c1NC(=O)c1ccc(Cn2nc(C)c([N+](=O)[O-])c2C)cc1. The fourth-order valence-corrected chi connectivity index (χ4v) is 3.57. The second-order valence-corrected chi connectivity index (χ2v) is 7.78. The average Bonchev–Trinajstić information content (AvgIpc) is 2.96. The van der Waals surface area contributed by atoms with Crippen LogP contribution in [0.2, 0.25) is 0 Å². The van der Waals surface area contributed by atoms with Crippen molar-refractivity contribution in [3.63, 3.8) is 0 Å². The second kappa shape index (κ2) is 8.49. The van der Waals surface area contributed by atoms with Crippen LogP contribution in [0, 0.1) is 30.9 Å². The maximum Gasteiger partial charge on any atom is 0.312 e. The molecule has 0 radical (unpaired) electrons. The van der Waals surface area contributed by atoms with Crippen LogP contribution in [0.15, 0.2) is 42.5 Å². The van der Waals surface area contributed by atoms with E-state index in [-0.39, 0.29) is 11.6 Å². The molecule has 7 heteroatoms. The summed E-state index contributed by atoms with van der Waals surface area (Å²) in [7, 11) is 0. The molecule has 1 heterocycles. The summed E-state index contributed by atoms with van der Waals surface area (Å²) in [4.78, 5) is 23.6. The first-order valence-corrected chi connectivity index (χ1v) is 9.87. The smallest absolute Gasteiger partial charge is 0.312 e. The van der Waals surface area contributed by atoms with E-state index in [0.29, 0.717) is 29.4 Å². The number of hydrogen-bond donors (Lipinski definition) is 1. The van der Waals surface area contributed by atoms with E-state index in [1.165, 1.54) is 0 Å². The summed E-state index contributed by atoms with van der Waals surface area (Å²) in [5, 5.41) is 18.5. The Morgan fingerprint density at radius 2 is 1.80 bits per heavy atom. The first-order chi connectivity index (χ1) is 14.2. The molecule has 0 aliphatic carbocycles. The standard InChI is InChI=1S/C23H26N4O3/c1-14(2)20-8-6-7-15(3)21(20)24-23(28)19-11-9-18(10-12-19)13-26-17(5)22(27(29)30)16(4)25-26/h6-12,14H,13H2,1-5H3,(H,24,28). The highest BCUT2D eigenvalue weighted by Crippen LogP contribution is 2.28. The van der Waals surface area contributed by atoms with Crippen LogP contribution < -0.4 is 5.32 Å². The number of para-hydroxylation sites is 1. The van der Waals surface area contributed by atoms with E-state index in [1.54, 1.807) is 30.7 Å². The Balaban J connectivity index is 1.78. The number of nitrogens with one attached hydrogen (secondary N) is 1. The predicted octanol–water partition coefficient (Wildman–Crippen LogP) is 5.14. The lowest BCUT2D eigenvalue weighted by molar-refractivity contribution is -0.386. The minimum absolute atomic E-state index is 0.0465. The zero-order chi connectivity index (χ0) is 22.0. The van der Waals surface area contributed by atoms with Crippen molar-refractivity contribution in [2.24, 2.45) is 0 Å². The summed E-state index contributed by atoms with van der Waals surface area (Å²) in [5.41, 5.74) is 5.40. The van der Waals surface area contributed by atoms with Gasteiger partial charge in [0, 0.05) is 11.3 Å². The van der Waals surface area contributed by atoms with Crippen LogP contribution in [0.4, 0.5) is 11.4 Å². The Hall–Kier alpha value is -3.48. The minimum Gasteiger partial charge on any atom is -0.321 e. The van der Waals surface area contributed by atoms with Crippen molar-refractivity contribution >= 4 is 17.3 Å². The van der Waals surface area contributed by atoms with Crippen LogP contribution in [0.1, 0.15) is 58.2 Å². The van der Waals surface area contributed by atoms with Gasteiger partial charge in [0.2, 0.25) is 0 Å². The molecule has 3 aromatic rings. The van der Waals surface area contributed by atoms with Crippen LogP contribution in [-0.4, -0.2) is 20.6 Å². The molecule has 0 saturated heterocycles. The number of amides is 1.